The smallest absolute Gasteiger partial charge is 0.243 e. The Morgan fingerprint density at radius 2 is 1.69 bits per heavy atom. The molecule has 0 radical (unpaired) electrons. The van der Waals surface area contributed by atoms with Crippen molar-refractivity contribution in [1.29, 1.82) is 0 Å². The first-order valence-electron chi connectivity index (χ1n) is 8.31. The fourth-order valence-corrected chi connectivity index (χ4v) is 5.44. The number of nitrogens with zero attached hydrogens (tertiary/aromatic N) is 1. The lowest BCUT2D eigenvalue weighted by molar-refractivity contribution is 0.0730. The van der Waals surface area contributed by atoms with Gasteiger partial charge in [0.25, 0.3) is 0 Å². The molecule has 2 aliphatic heterocycles. The van der Waals surface area contributed by atoms with E-state index in [9.17, 15) is 16.8 Å². The summed E-state index contributed by atoms with van der Waals surface area (Å²) in [6, 6.07) is 5.49. The molecule has 26 heavy (non-hydrogen) atoms. The maximum Gasteiger partial charge on any atom is 0.243 e. The van der Waals surface area contributed by atoms with Gasteiger partial charge in [0.2, 0.25) is 20.0 Å². The fourth-order valence-electron chi connectivity index (χ4n) is 2.95. The van der Waals surface area contributed by atoms with Crippen LogP contribution in [0.25, 0.3) is 0 Å². The standard InChI is InChI=1S/C15H23N3O5S2.ClH/c19-24(20,17-12-13-2-1-7-16-13)14-3-5-15(6-4-14)25(21,22)18-8-10-23-11-9-18;/h3-6,13,16-17H,1-2,7-12H2;1H. The third-order valence-electron chi connectivity index (χ3n) is 4.42. The molecule has 0 aromatic heterocycles. The zero-order valence-electron chi connectivity index (χ0n) is 14.3. The molecule has 2 aliphatic rings. The Morgan fingerprint density at radius 1 is 1.08 bits per heavy atom. The Bertz CT molecular complexity index is 787. The van der Waals surface area contributed by atoms with Crippen molar-refractivity contribution in [2.75, 3.05) is 39.4 Å². The van der Waals surface area contributed by atoms with Crippen LogP contribution in [0.4, 0.5) is 0 Å². The van der Waals surface area contributed by atoms with Crippen molar-refractivity contribution in [2.45, 2.75) is 28.7 Å². The van der Waals surface area contributed by atoms with Crippen LogP contribution in [-0.2, 0) is 24.8 Å². The molecule has 2 N–H and O–H groups in total. The second kappa shape index (κ2) is 8.96. The maximum absolute atomic E-state index is 12.5. The molecule has 1 unspecified atom stereocenters. The normalized spacial score (nSPS) is 22.1. The number of hydrogen-bond donors (Lipinski definition) is 2. The number of sulfonamides is 2. The molecule has 1 aromatic carbocycles. The van der Waals surface area contributed by atoms with Gasteiger partial charge in [-0.25, -0.2) is 21.6 Å². The summed E-state index contributed by atoms with van der Waals surface area (Å²) in [4.78, 5) is 0.150. The van der Waals surface area contributed by atoms with Gasteiger partial charge in [0.15, 0.2) is 0 Å². The minimum Gasteiger partial charge on any atom is -0.379 e. The molecule has 0 bridgehead atoms. The molecule has 0 amide bonds. The Morgan fingerprint density at radius 3 is 2.27 bits per heavy atom. The van der Waals surface area contributed by atoms with Crippen molar-refractivity contribution in [1.82, 2.24) is 14.3 Å². The van der Waals surface area contributed by atoms with Crippen molar-refractivity contribution in [2.24, 2.45) is 0 Å². The number of rotatable bonds is 6. The van der Waals surface area contributed by atoms with E-state index in [1.807, 2.05) is 0 Å². The molecule has 0 aliphatic carbocycles. The molecule has 148 valence electrons. The number of hydrogen-bond acceptors (Lipinski definition) is 6. The van der Waals surface area contributed by atoms with Gasteiger partial charge in [-0.2, -0.15) is 4.31 Å². The number of nitrogens with one attached hydrogen (secondary N) is 2. The lowest BCUT2D eigenvalue weighted by Crippen LogP contribution is -2.40. The lowest BCUT2D eigenvalue weighted by atomic mass is 10.2. The monoisotopic (exact) mass is 425 g/mol. The van der Waals surface area contributed by atoms with Gasteiger partial charge in [0.05, 0.1) is 23.0 Å². The summed E-state index contributed by atoms with van der Waals surface area (Å²) in [5.74, 6) is 0. The van der Waals surface area contributed by atoms with Crippen LogP contribution in [0.1, 0.15) is 12.8 Å². The van der Waals surface area contributed by atoms with Crippen molar-refractivity contribution >= 4 is 32.5 Å². The Kier molecular flexibility index (Phi) is 7.43. The Hall–Kier alpha value is -0.750. The Balaban J connectivity index is 0.00000243. The molecular formula is C15H24ClN3O5S2. The molecule has 11 heteroatoms. The molecule has 2 saturated heterocycles. The van der Waals surface area contributed by atoms with Gasteiger partial charge in [-0.1, -0.05) is 0 Å². The van der Waals surface area contributed by atoms with Crippen molar-refractivity contribution < 1.29 is 21.6 Å². The van der Waals surface area contributed by atoms with E-state index in [1.165, 1.54) is 28.6 Å². The van der Waals surface area contributed by atoms with Crippen LogP contribution in [0, 0.1) is 0 Å². The molecule has 1 atom stereocenters. The summed E-state index contributed by atoms with van der Waals surface area (Å²) in [6.07, 6.45) is 1.99. The summed E-state index contributed by atoms with van der Waals surface area (Å²) in [6.45, 7) is 2.57. The molecular weight excluding hydrogens is 402 g/mol. The second-order valence-electron chi connectivity index (χ2n) is 6.13. The van der Waals surface area contributed by atoms with Gasteiger partial charge in [-0.05, 0) is 43.7 Å². The molecule has 8 nitrogen and oxygen atoms in total. The van der Waals surface area contributed by atoms with Crippen molar-refractivity contribution in [3.63, 3.8) is 0 Å². The number of ether oxygens (including phenoxy) is 1. The van der Waals surface area contributed by atoms with E-state index in [1.54, 1.807) is 0 Å². The van der Waals surface area contributed by atoms with Crippen LogP contribution in [0.15, 0.2) is 34.1 Å². The van der Waals surface area contributed by atoms with Crippen LogP contribution in [-0.4, -0.2) is 66.6 Å². The van der Waals surface area contributed by atoms with Crippen LogP contribution in [0.2, 0.25) is 0 Å². The molecule has 0 spiro atoms. The molecule has 0 saturated carbocycles. The summed E-state index contributed by atoms with van der Waals surface area (Å²) >= 11 is 0. The summed E-state index contributed by atoms with van der Waals surface area (Å²) < 4.78 is 58.9. The van der Waals surface area contributed by atoms with Gasteiger partial charge >= 0.3 is 0 Å². The van der Waals surface area contributed by atoms with Gasteiger partial charge in [-0.3, -0.25) is 0 Å². The van der Waals surface area contributed by atoms with E-state index in [2.05, 4.69) is 10.0 Å². The van der Waals surface area contributed by atoms with Crippen LogP contribution >= 0.6 is 12.4 Å². The molecule has 2 fully saturated rings. The fraction of sp³-hybridized carbons (Fsp3) is 0.600. The highest BCUT2D eigenvalue weighted by atomic mass is 35.5. The SMILES string of the molecule is Cl.O=S(=O)(NCC1CCCN1)c1ccc(S(=O)(=O)N2CCOCC2)cc1. The highest BCUT2D eigenvalue weighted by molar-refractivity contribution is 7.89. The van der Waals surface area contributed by atoms with Crippen LogP contribution in [0.5, 0.6) is 0 Å². The highest BCUT2D eigenvalue weighted by Crippen LogP contribution is 2.19. The van der Waals surface area contributed by atoms with Gasteiger partial charge in [0.1, 0.15) is 0 Å². The zero-order chi connectivity index (χ0) is 17.9. The van der Waals surface area contributed by atoms with Gasteiger partial charge in [-0.15, -0.1) is 12.4 Å². The van der Waals surface area contributed by atoms with Gasteiger partial charge in [0, 0.05) is 25.7 Å². The summed E-state index contributed by atoms with van der Waals surface area (Å²) in [5.41, 5.74) is 0. The highest BCUT2D eigenvalue weighted by Gasteiger charge is 2.27. The average molecular weight is 426 g/mol. The number of morpholine rings is 1. The van der Waals surface area contributed by atoms with Crippen molar-refractivity contribution in [3.05, 3.63) is 24.3 Å². The van der Waals surface area contributed by atoms with E-state index in [4.69, 9.17) is 4.74 Å². The predicted octanol–water partition coefficient (Wildman–Crippen LogP) is 0.160. The predicted molar refractivity (Wildman–Crippen MR) is 99.5 cm³/mol. The maximum atomic E-state index is 12.5. The third-order valence-corrected chi connectivity index (χ3v) is 7.78. The molecule has 2 heterocycles. The second-order valence-corrected chi connectivity index (χ2v) is 9.84. The molecule has 1 aromatic rings. The quantitative estimate of drug-likeness (QED) is 0.672. The first-order valence-corrected chi connectivity index (χ1v) is 11.2. The van der Waals surface area contributed by atoms with E-state index in [0.717, 1.165) is 19.4 Å². The minimum absolute atomic E-state index is 0. The first-order chi connectivity index (χ1) is 11.9. The first kappa shape index (κ1) is 21.5. The van der Waals surface area contributed by atoms with Crippen LogP contribution in [0.3, 0.4) is 0 Å². The number of halogens is 1. The third kappa shape index (κ3) is 4.94. The largest absolute Gasteiger partial charge is 0.379 e. The Labute approximate surface area is 160 Å². The van der Waals surface area contributed by atoms with E-state index >= 15 is 0 Å². The van der Waals surface area contributed by atoms with E-state index in [0.29, 0.717) is 32.8 Å². The van der Waals surface area contributed by atoms with Crippen LogP contribution < -0.4 is 10.0 Å². The van der Waals surface area contributed by atoms with Crippen molar-refractivity contribution in [3.8, 4) is 0 Å². The number of benzene rings is 1. The minimum atomic E-state index is -3.65. The lowest BCUT2D eigenvalue weighted by Gasteiger charge is -2.26. The average Bonchev–Trinajstić information content (AvgIpc) is 3.15. The zero-order valence-corrected chi connectivity index (χ0v) is 16.7. The topological polar surface area (TPSA) is 105 Å². The summed E-state index contributed by atoms with van der Waals surface area (Å²) in [7, 11) is -7.27. The van der Waals surface area contributed by atoms with E-state index in [-0.39, 0.29) is 28.2 Å². The van der Waals surface area contributed by atoms with Gasteiger partial charge < -0.3 is 10.1 Å². The van der Waals surface area contributed by atoms with E-state index < -0.39 is 20.0 Å². The molecule has 3 rings (SSSR count). The summed E-state index contributed by atoms with van der Waals surface area (Å²) in [5, 5.41) is 3.22.